The van der Waals surface area contributed by atoms with Gasteiger partial charge < -0.3 is 10.2 Å². The van der Waals surface area contributed by atoms with Crippen molar-refractivity contribution in [2.24, 2.45) is 0 Å². The minimum atomic E-state index is -0.231. The molecule has 3 aliphatic heterocycles. The van der Waals surface area contributed by atoms with Gasteiger partial charge in [0.25, 0.3) is 5.91 Å². The van der Waals surface area contributed by atoms with E-state index in [1.54, 1.807) is 0 Å². The summed E-state index contributed by atoms with van der Waals surface area (Å²) in [6.45, 7) is 0. The van der Waals surface area contributed by atoms with Crippen molar-refractivity contribution < 1.29 is 14.0 Å². The van der Waals surface area contributed by atoms with E-state index in [2.05, 4.69) is 10.2 Å². The third-order valence-electron chi connectivity index (χ3n) is 6.63. The van der Waals surface area contributed by atoms with Crippen molar-refractivity contribution in [3.8, 4) is 0 Å². The highest BCUT2D eigenvalue weighted by Crippen LogP contribution is 2.44. The number of hydrogen-bond acceptors (Lipinski definition) is 2. The zero-order valence-corrected chi connectivity index (χ0v) is 15.6. The van der Waals surface area contributed by atoms with Crippen LogP contribution in [0.5, 0.6) is 0 Å². The van der Waals surface area contributed by atoms with Gasteiger partial charge in [-0.25, -0.2) is 4.39 Å². The second-order valence-corrected chi connectivity index (χ2v) is 8.22. The Morgan fingerprint density at radius 2 is 1.71 bits per heavy atom. The molecule has 0 spiro atoms. The topological polar surface area (TPSA) is 49.4 Å². The van der Waals surface area contributed by atoms with Crippen LogP contribution in [0.25, 0.3) is 0 Å². The van der Waals surface area contributed by atoms with E-state index in [1.165, 1.54) is 17.7 Å². The van der Waals surface area contributed by atoms with Gasteiger partial charge >= 0.3 is 0 Å². The molecule has 5 heteroatoms. The first-order valence-corrected chi connectivity index (χ1v) is 10.1. The molecule has 2 bridgehead atoms. The van der Waals surface area contributed by atoms with Crippen LogP contribution in [0, 0.1) is 5.82 Å². The van der Waals surface area contributed by atoms with Gasteiger partial charge in [0.05, 0.1) is 12.5 Å². The van der Waals surface area contributed by atoms with Crippen LogP contribution >= 0.6 is 0 Å². The molecule has 2 aromatic rings. The molecule has 5 rings (SSSR count). The standard InChI is InChI=1S/C23H23FN2O2/c24-16-7-5-14(6-8-16)15-11-17-9-10-18(12-15)26(17)22(27)13-21-19-3-1-2-4-20(19)23(28)25-21/h1-8,15,17-18,21H,9-13H2,(H,25,28)/t15?,17-,18+,21-/m1/s1. The highest BCUT2D eigenvalue weighted by Gasteiger charge is 2.44. The number of amides is 2. The monoisotopic (exact) mass is 378 g/mol. The van der Waals surface area contributed by atoms with E-state index in [4.69, 9.17) is 0 Å². The quantitative estimate of drug-likeness (QED) is 0.880. The van der Waals surface area contributed by atoms with Crippen molar-refractivity contribution in [1.82, 2.24) is 10.2 Å². The molecule has 4 atom stereocenters. The molecule has 0 aromatic heterocycles. The molecule has 2 saturated heterocycles. The Morgan fingerprint density at radius 3 is 2.43 bits per heavy atom. The summed E-state index contributed by atoms with van der Waals surface area (Å²) in [4.78, 5) is 27.4. The highest BCUT2D eigenvalue weighted by atomic mass is 19.1. The van der Waals surface area contributed by atoms with E-state index in [9.17, 15) is 14.0 Å². The van der Waals surface area contributed by atoms with E-state index in [0.29, 0.717) is 17.9 Å². The van der Waals surface area contributed by atoms with E-state index in [-0.39, 0.29) is 35.8 Å². The van der Waals surface area contributed by atoms with E-state index >= 15 is 0 Å². The van der Waals surface area contributed by atoms with Crippen LogP contribution < -0.4 is 5.32 Å². The summed E-state index contributed by atoms with van der Waals surface area (Å²) in [7, 11) is 0. The van der Waals surface area contributed by atoms with Gasteiger partial charge in [-0.15, -0.1) is 0 Å². The lowest BCUT2D eigenvalue weighted by Crippen LogP contribution is -2.46. The maximum atomic E-state index is 13.2. The normalized spacial score (nSPS) is 28.2. The molecule has 3 aliphatic rings. The average molecular weight is 378 g/mol. The van der Waals surface area contributed by atoms with Gasteiger partial charge in [-0.1, -0.05) is 30.3 Å². The van der Waals surface area contributed by atoms with Crippen molar-refractivity contribution in [1.29, 1.82) is 0 Å². The highest BCUT2D eigenvalue weighted by molar-refractivity contribution is 5.99. The molecule has 0 radical (unpaired) electrons. The Bertz CT molecular complexity index is 912. The fourth-order valence-electron chi connectivity index (χ4n) is 5.35. The third-order valence-corrected chi connectivity index (χ3v) is 6.63. The summed E-state index contributed by atoms with van der Waals surface area (Å²) in [5.74, 6) is 0.214. The Morgan fingerprint density at radius 1 is 1.04 bits per heavy atom. The molecule has 2 amide bonds. The molecule has 2 fully saturated rings. The average Bonchev–Trinajstić information content (AvgIpc) is 3.16. The van der Waals surface area contributed by atoms with Crippen molar-refractivity contribution in [3.63, 3.8) is 0 Å². The maximum Gasteiger partial charge on any atom is 0.252 e. The number of hydrogen-bond donors (Lipinski definition) is 1. The summed E-state index contributed by atoms with van der Waals surface area (Å²) in [6, 6.07) is 14.6. The van der Waals surface area contributed by atoms with E-state index in [1.807, 2.05) is 36.4 Å². The SMILES string of the molecule is O=C1N[C@H](CC(=O)N2[C@@H]3CC[C@H]2CC(c2ccc(F)cc2)C3)c2ccccc21. The summed E-state index contributed by atoms with van der Waals surface area (Å²) in [5.41, 5.74) is 2.77. The predicted molar refractivity (Wildman–Crippen MR) is 103 cm³/mol. The van der Waals surface area contributed by atoms with Gasteiger partial charge in [0, 0.05) is 17.6 Å². The molecular formula is C23H23FN2O2. The van der Waals surface area contributed by atoms with Crippen LogP contribution in [0.3, 0.4) is 0 Å². The molecule has 28 heavy (non-hydrogen) atoms. The number of benzene rings is 2. The molecular weight excluding hydrogens is 355 g/mol. The second-order valence-electron chi connectivity index (χ2n) is 8.22. The van der Waals surface area contributed by atoms with Gasteiger partial charge in [-0.05, 0) is 60.9 Å². The van der Waals surface area contributed by atoms with Crippen LogP contribution in [-0.4, -0.2) is 28.8 Å². The predicted octanol–water partition coefficient (Wildman–Crippen LogP) is 3.94. The van der Waals surface area contributed by atoms with Crippen LogP contribution in [0.1, 0.15) is 65.5 Å². The van der Waals surface area contributed by atoms with Crippen molar-refractivity contribution in [2.45, 2.75) is 56.1 Å². The largest absolute Gasteiger partial charge is 0.345 e. The minimum absolute atomic E-state index is 0.0913. The molecule has 144 valence electrons. The zero-order valence-electron chi connectivity index (χ0n) is 15.6. The summed E-state index contributed by atoms with van der Waals surface area (Å²) in [6.07, 6.45) is 4.24. The van der Waals surface area contributed by atoms with Crippen LogP contribution in [0.15, 0.2) is 48.5 Å². The minimum Gasteiger partial charge on any atom is -0.345 e. The van der Waals surface area contributed by atoms with Gasteiger partial charge in [-0.2, -0.15) is 0 Å². The number of nitrogens with zero attached hydrogens (tertiary/aromatic N) is 1. The number of nitrogens with one attached hydrogen (secondary N) is 1. The fraction of sp³-hybridized carbons (Fsp3) is 0.391. The lowest BCUT2D eigenvalue weighted by Gasteiger charge is -2.39. The smallest absolute Gasteiger partial charge is 0.252 e. The molecule has 0 saturated carbocycles. The van der Waals surface area contributed by atoms with E-state index < -0.39 is 0 Å². The van der Waals surface area contributed by atoms with Crippen LogP contribution in [0.4, 0.5) is 4.39 Å². The summed E-state index contributed by atoms with van der Waals surface area (Å²) in [5, 5.41) is 2.96. The first-order chi connectivity index (χ1) is 13.6. The lowest BCUT2D eigenvalue weighted by molar-refractivity contribution is -0.136. The van der Waals surface area contributed by atoms with Crippen LogP contribution in [0.2, 0.25) is 0 Å². The Hall–Kier alpha value is -2.69. The summed E-state index contributed by atoms with van der Waals surface area (Å²) >= 11 is 0. The van der Waals surface area contributed by atoms with Crippen molar-refractivity contribution >= 4 is 11.8 Å². The van der Waals surface area contributed by atoms with Gasteiger partial charge in [-0.3, -0.25) is 9.59 Å². The molecule has 1 unspecified atom stereocenters. The Kier molecular flexibility index (Phi) is 4.18. The first kappa shape index (κ1) is 17.4. The molecule has 3 heterocycles. The lowest BCUT2D eigenvalue weighted by atomic mass is 9.84. The number of carbonyl (C=O) groups excluding carboxylic acids is 2. The molecule has 0 aliphatic carbocycles. The number of fused-ring (bicyclic) bond motifs is 3. The number of halogens is 1. The third kappa shape index (κ3) is 2.89. The van der Waals surface area contributed by atoms with E-state index in [0.717, 1.165) is 31.2 Å². The molecule has 4 nitrogen and oxygen atoms in total. The molecule has 1 N–H and O–H groups in total. The number of piperidine rings is 1. The fourth-order valence-corrected chi connectivity index (χ4v) is 5.35. The van der Waals surface area contributed by atoms with Crippen molar-refractivity contribution in [2.75, 3.05) is 0 Å². The number of carbonyl (C=O) groups is 2. The Labute approximate surface area is 163 Å². The Balaban J connectivity index is 1.30. The van der Waals surface area contributed by atoms with Crippen LogP contribution in [-0.2, 0) is 4.79 Å². The van der Waals surface area contributed by atoms with Crippen molar-refractivity contribution in [3.05, 3.63) is 71.0 Å². The maximum absolute atomic E-state index is 13.2. The molecule has 2 aromatic carbocycles. The van der Waals surface area contributed by atoms with Gasteiger partial charge in [0.15, 0.2) is 0 Å². The number of rotatable bonds is 3. The van der Waals surface area contributed by atoms with Gasteiger partial charge in [0.2, 0.25) is 5.91 Å². The zero-order chi connectivity index (χ0) is 19.3. The summed E-state index contributed by atoms with van der Waals surface area (Å²) < 4.78 is 13.2. The first-order valence-electron chi connectivity index (χ1n) is 10.1. The second kappa shape index (κ2) is 6.73. The van der Waals surface area contributed by atoms with Gasteiger partial charge in [0.1, 0.15) is 5.82 Å².